The van der Waals surface area contributed by atoms with E-state index in [0.717, 1.165) is 4.47 Å². The molecule has 1 radical (unpaired) electrons. The maximum Gasteiger partial charge on any atom is 0.0180 e. The lowest BCUT2D eigenvalue weighted by Crippen LogP contribution is -1.79. The van der Waals surface area contributed by atoms with Crippen molar-refractivity contribution in [1.29, 1.82) is 0 Å². The Bertz CT molecular complexity index is 208. The van der Waals surface area contributed by atoms with Crippen molar-refractivity contribution in [2.75, 3.05) is 0 Å². The first kappa shape index (κ1) is 7.80. The molecule has 0 amide bonds. The third-order valence-corrected chi connectivity index (χ3v) is 1.86. The van der Waals surface area contributed by atoms with Gasteiger partial charge in [-0.2, -0.15) is 0 Å². The van der Waals surface area contributed by atoms with Crippen LogP contribution in [-0.4, -0.2) is 0 Å². The van der Waals surface area contributed by atoms with Gasteiger partial charge in [-0.05, 0) is 36.6 Å². The zero-order chi connectivity index (χ0) is 7.56. The molecule has 53 valence electrons. The fraction of sp³-hybridized carbons (Fsp3) is 0.222. The van der Waals surface area contributed by atoms with Crippen LogP contribution in [0.1, 0.15) is 18.1 Å². The predicted molar refractivity (Wildman–Crippen MR) is 48.0 cm³/mol. The maximum atomic E-state index is 3.43. The molecule has 0 nitrogen and oxygen atoms in total. The predicted octanol–water partition coefficient (Wildman–Crippen LogP) is 3.33. The molecule has 10 heavy (non-hydrogen) atoms. The molecule has 0 saturated heterocycles. The SMILES string of the molecule is C[CH]c1cc(C)cc(Br)c1. The van der Waals surface area contributed by atoms with E-state index in [9.17, 15) is 0 Å². The average Bonchev–Trinajstić information content (AvgIpc) is 1.85. The van der Waals surface area contributed by atoms with Crippen LogP contribution >= 0.6 is 15.9 Å². The zero-order valence-corrected chi connectivity index (χ0v) is 7.77. The molecule has 0 spiro atoms. The second-order valence-corrected chi connectivity index (χ2v) is 3.27. The molecule has 0 N–H and O–H groups in total. The smallest absolute Gasteiger partial charge is 0.0180 e. The third kappa shape index (κ3) is 1.84. The summed E-state index contributed by atoms with van der Waals surface area (Å²) < 4.78 is 1.15. The van der Waals surface area contributed by atoms with Gasteiger partial charge in [-0.25, -0.2) is 0 Å². The molecule has 0 bridgehead atoms. The number of hydrogen-bond acceptors (Lipinski definition) is 0. The quantitative estimate of drug-likeness (QED) is 0.649. The lowest BCUT2D eigenvalue weighted by atomic mass is 10.1. The first-order chi connectivity index (χ1) is 4.72. The molecule has 0 heterocycles. The van der Waals surface area contributed by atoms with Crippen molar-refractivity contribution < 1.29 is 0 Å². The van der Waals surface area contributed by atoms with Crippen LogP contribution in [0.3, 0.4) is 0 Å². The van der Waals surface area contributed by atoms with Gasteiger partial charge in [0.25, 0.3) is 0 Å². The molecule has 0 fully saturated rings. The van der Waals surface area contributed by atoms with Crippen LogP contribution in [0.2, 0.25) is 0 Å². The van der Waals surface area contributed by atoms with Crippen LogP contribution in [0.25, 0.3) is 0 Å². The van der Waals surface area contributed by atoms with Crippen molar-refractivity contribution >= 4 is 15.9 Å². The van der Waals surface area contributed by atoms with E-state index in [-0.39, 0.29) is 0 Å². The van der Waals surface area contributed by atoms with Crippen LogP contribution in [-0.2, 0) is 0 Å². The van der Waals surface area contributed by atoms with E-state index < -0.39 is 0 Å². The lowest BCUT2D eigenvalue weighted by Gasteiger charge is -1.98. The average molecular weight is 198 g/mol. The highest BCUT2D eigenvalue weighted by molar-refractivity contribution is 9.10. The van der Waals surface area contributed by atoms with E-state index in [1.54, 1.807) is 0 Å². The van der Waals surface area contributed by atoms with E-state index >= 15 is 0 Å². The van der Waals surface area contributed by atoms with Gasteiger partial charge in [-0.3, -0.25) is 0 Å². The molecule has 1 rings (SSSR count). The van der Waals surface area contributed by atoms with Crippen molar-refractivity contribution in [2.45, 2.75) is 13.8 Å². The van der Waals surface area contributed by atoms with Gasteiger partial charge in [0.05, 0.1) is 0 Å². The van der Waals surface area contributed by atoms with E-state index in [1.165, 1.54) is 11.1 Å². The molecule has 0 aliphatic rings. The van der Waals surface area contributed by atoms with Gasteiger partial charge >= 0.3 is 0 Å². The summed E-state index contributed by atoms with van der Waals surface area (Å²) in [6.07, 6.45) is 2.09. The largest absolute Gasteiger partial charge is 0.0578 e. The lowest BCUT2D eigenvalue weighted by molar-refractivity contribution is 1.35. The fourth-order valence-electron chi connectivity index (χ4n) is 0.931. The highest BCUT2D eigenvalue weighted by Gasteiger charge is 1.92. The molecule has 0 unspecified atom stereocenters. The number of halogens is 1. The minimum atomic E-state index is 1.15. The van der Waals surface area contributed by atoms with Crippen LogP contribution in [0.15, 0.2) is 22.7 Å². The van der Waals surface area contributed by atoms with E-state index in [2.05, 4.69) is 47.5 Å². The van der Waals surface area contributed by atoms with Gasteiger partial charge in [0.2, 0.25) is 0 Å². The van der Waals surface area contributed by atoms with E-state index in [4.69, 9.17) is 0 Å². The second-order valence-electron chi connectivity index (χ2n) is 2.35. The summed E-state index contributed by atoms with van der Waals surface area (Å²) in [4.78, 5) is 0. The minimum Gasteiger partial charge on any atom is -0.0578 e. The fourth-order valence-corrected chi connectivity index (χ4v) is 1.56. The van der Waals surface area contributed by atoms with Gasteiger partial charge in [-0.1, -0.05) is 28.9 Å². The van der Waals surface area contributed by atoms with Crippen molar-refractivity contribution in [1.82, 2.24) is 0 Å². The Labute approximate surface area is 70.4 Å². The topological polar surface area (TPSA) is 0 Å². The van der Waals surface area contributed by atoms with Crippen LogP contribution < -0.4 is 0 Å². The summed E-state index contributed by atoms with van der Waals surface area (Å²) in [5, 5.41) is 0. The Kier molecular flexibility index (Phi) is 2.50. The van der Waals surface area contributed by atoms with Gasteiger partial charge in [-0.15, -0.1) is 0 Å². The molecule has 0 saturated carbocycles. The minimum absolute atomic E-state index is 1.15. The highest BCUT2D eigenvalue weighted by Crippen LogP contribution is 2.15. The summed E-state index contributed by atoms with van der Waals surface area (Å²) in [5.74, 6) is 0. The molecule has 1 aromatic rings. The number of hydrogen-bond donors (Lipinski definition) is 0. The standard InChI is InChI=1S/C9H10Br/c1-3-8-4-7(2)5-9(10)6-8/h3-6H,1-2H3. The summed E-state index contributed by atoms with van der Waals surface area (Å²) in [5.41, 5.74) is 2.56. The van der Waals surface area contributed by atoms with Crippen LogP contribution in [0, 0.1) is 13.3 Å². The Balaban J connectivity index is 3.06. The van der Waals surface area contributed by atoms with Gasteiger partial charge in [0.1, 0.15) is 0 Å². The summed E-state index contributed by atoms with van der Waals surface area (Å²) >= 11 is 3.43. The Morgan fingerprint density at radius 1 is 1.30 bits per heavy atom. The van der Waals surface area contributed by atoms with Gasteiger partial charge in [0, 0.05) is 4.47 Å². The number of aryl methyl sites for hydroxylation is 1. The first-order valence-corrected chi connectivity index (χ1v) is 4.08. The Hall–Kier alpha value is -0.300. The molecule has 0 aliphatic heterocycles. The monoisotopic (exact) mass is 197 g/mol. The normalized spacial score (nSPS) is 9.90. The van der Waals surface area contributed by atoms with Crippen molar-refractivity contribution in [2.24, 2.45) is 0 Å². The molecule has 0 aliphatic carbocycles. The van der Waals surface area contributed by atoms with Gasteiger partial charge < -0.3 is 0 Å². The molecular formula is C9H10Br. The molecular weight excluding hydrogens is 188 g/mol. The molecule has 1 aromatic carbocycles. The van der Waals surface area contributed by atoms with Crippen molar-refractivity contribution in [3.63, 3.8) is 0 Å². The van der Waals surface area contributed by atoms with E-state index in [0.29, 0.717) is 0 Å². The molecule has 0 atom stereocenters. The summed E-state index contributed by atoms with van der Waals surface area (Å²) in [6.45, 7) is 4.14. The summed E-state index contributed by atoms with van der Waals surface area (Å²) in [7, 11) is 0. The maximum absolute atomic E-state index is 3.43. The number of rotatable bonds is 1. The molecule has 1 heteroatoms. The Morgan fingerprint density at radius 3 is 2.50 bits per heavy atom. The van der Waals surface area contributed by atoms with Crippen molar-refractivity contribution in [3.05, 3.63) is 40.2 Å². The van der Waals surface area contributed by atoms with Crippen molar-refractivity contribution in [3.8, 4) is 0 Å². The Morgan fingerprint density at radius 2 is 2.00 bits per heavy atom. The van der Waals surface area contributed by atoms with Gasteiger partial charge in [0.15, 0.2) is 0 Å². The zero-order valence-electron chi connectivity index (χ0n) is 6.19. The van der Waals surface area contributed by atoms with Crippen LogP contribution in [0.5, 0.6) is 0 Å². The van der Waals surface area contributed by atoms with E-state index in [1.807, 2.05) is 6.92 Å². The molecule has 0 aromatic heterocycles. The summed E-state index contributed by atoms with van der Waals surface area (Å²) in [6, 6.07) is 6.37. The highest BCUT2D eigenvalue weighted by atomic mass is 79.9. The first-order valence-electron chi connectivity index (χ1n) is 3.29. The number of benzene rings is 1. The van der Waals surface area contributed by atoms with Crippen LogP contribution in [0.4, 0.5) is 0 Å². The third-order valence-electron chi connectivity index (χ3n) is 1.40. The second kappa shape index (κ2) is 3.20.